The Hall–Kier alpha value is -2.68. The number of hydrogen-bond acceptors (Lipinski definition) is 6. The van der Waals surface area contributed by atoms with E-state index in [0.29, 0.717) is 49.1 Å². The third-order valence-electron chi connectivity index (χ3n) is 4.65. The fourth-order valence-electron chi connectivity index (χ4n) is 3.20. The van der Waals surface area contributed by atoms with Crippen LogP contribution in [0.3, 0.4) is 0 Å². The Morgan fingerprint density at radius 1 is 1.18 bits per heavy atom. The zero-order valence-electron chi connectivity index (χ0n) is 15.2. The SMILES string of the molecule is O=C(Nc1cccc(Cl)c1)c1ccc(N2CCN(CCO)CC2)c([N+](=O)[O-])c1. The summed E-state index contributed by atoms with van der Waals surface area (Å²) < 4.78 is 0. The summed E-state index contributed by atoms with van der Waals surface area (Å²) in [4.78, 5) is 27.7. The number of aliphatic hydroxyl groups excluding tert-OH is 1. The number of amides is 1. The highest BCUT2D eigenvalue weighted by Crippen LogP contribution is 2.30. The summed E-state index contributed by atoms with van der Waals surface area (Å²) in [7, 11) is 0. The van der Waals surface area contributed by atoms with Crippen molar-refractivity contribution in [2.45, 2.75) is 0 Å². The van der Waals surface area contributed by atoms with Crippen LogP contribution in [0.1, 0.15) is 10.4 Å². The lowest BCUT2D eigenvalue weighted by atomic mass is 10.1. The first kappa shape index (κ1) is 20.1. The van der Waals surface area contributed by atoms with E-state index in [4.69, 9.17) is 16.7 Å². The van der Waals surface area contributed by atoms with Gasteiger partial charge >= 0.3 is 0 Å². The van der Waals surface area contributed by atoms with Crippen LogP contribution in [0.25, 0.3) is 0 Å². The van der Waals surface area contributed by atoms with Gasteiger partial charge in [-0.2, -0.15) is 0 Å². The standard InChI is InChI=1S/C19H21ClN4O4/c20-15-2-1-3-16(13-15)21-19(26)14-4-5-17(18(12-14)24(27)28)23-8-6-22(7-9-23)10-11-25/h1-5,12-13,25H,6-11H2,(H,21,26). The van der Waals surface area contributed by atoms with Crippen LogP contribution in [0.5, 0.6) is 0 Å². The van der Waals surface area contributed by atoms with E-state index in [-0.39, 0.29) is 17.9 Å². The first-order valence-electron chi connectivity index (χ1n) is 8.91. The zero-order chi connectivity index (χ0) is 20.1. The maximum atomic E-state index is 12.5. The molecule has 2 aromatic rings. The number of nitrogens with zero attached hydrogens (tertiary/aromatic N) is 3. The normalized spacial score (nSPS) is 14.7. The van der Waals surface area contributed by atoms with Crippen molar-refractivity contribution in [3.8, 4) is 0 Å². The first-order valence-corrected chi connectivity index (χ1v) is 9.29. The number of nitro benzene ring substituents is 1. The highest BCUT2D eigenvalue weighted by atomic mass is 35.5. The number of nitro groups is 1. The molecule has 0 saturated carbocycles. The number of anilines is 2. The lowest BCUT2D eigenvalue weighted by molar-refractivity contribution is -0.384. The second-order valence-electron chi connectivity index (χ2n) is 6.48. The monoisotopic (exact) mass is 404 g/mol. The van der Waals surface area contributed by atoms with Crippen LogP contribution in [-0.4, -0.2) is 60.2 Å². The van der Waals surface area contributed by atoms with E-state index in [1.165, 1.54) is 6.07 Å². The fourth-order valence-corrected chi connectivity index (χ4v) is 3.39. The van der Waals surface area contributed by atoms with E-state index in [0.717, 1.165) is 0 Å². The van der Waals surface area contributed by atoms with Gasteiger partial charge in [-0.25, -0.2) is 0 Å². The molecule has 1 fully saturated rings. The number of benzene rings is 2. The van der Waals surface area contributed by atoms with Gasteiger partial charge in [-0.05, 0) is 30.3 Å². The topological polar surface area (TPSA) is 99.0 Å². The molecule has 1 saturated heterocycles. The molecule has 3 rings (SSSR count). The molecule has 2 N–H and O–H groups in total. The fraction of sp³-hybridized carbons (Fsp3) is 0.316. The summed E-state index contributed by atoms with van der Waals surface area (Å²) >= 11 is 5.91. The largest absolute Gasteiger partial charge is 0.395 e. The molecular weight excluding hydrogens is 384 g/mol. The van der Waals surface area contributed by atoms with E-state index in [1.54, 1.807) is 36.4 Å². The minimum Gasteiger partial charge on any atom is -0.395 e. The summed E-state index contributed by atoms with van der Waals surface area (Å²) in [6.45, 7) is 3.36. The Morgan fingerprint density at radius 2 is 1.93 bits per heavy atom. The second kappa shape index (κ2) is 9.01. The van der Waals surface area contributed by atoms with E-state index in [2.05, 4.69) is 10.2 Å². The average molecular weight is 405 g/mol. The predicted octanol–water partition coefficient (Wildman–Crippen LogP) is 2.61. The van der Waals surface area contributed by atoms with Gasteiger partial charge < -0.3 is 15.3 Å². The molecule has 0 radical (unpaired) electrons. The number of carbonyl (C=O) groups is 1. The molecule has 1 heterocycles. The predicted molar refractivity (Wildman–Crippen MR) is 108 cm³/mol. The van der Waals surface area contributed by atoms with Crippen molar-refractivity contribution in [2.75, 3.05) is 49.5 Å². The quantitative estimate of drug-likeness (QED) is 0.567. The Bertz CT molecular complexity index is 869. The van der Waals surface area contributed by atoms with E-state index in [9.17, 15) is 14.9 Å². The van der Waals surface area contributed by atoms with Crippen LogP contribution in [0.2, 0.25) is 5.02 Å². The number of carbonyl (C=O) groups excluding carboxylic acids is 1. The summed E-state index contributed by atoms with van der Waals surface area (Å²) in [5.41, 5.74) is 1.11. The molecule has 148 valence electrons. The van der Waals surface area contributed by atoms with Crippen molar-refractivity contribution in [1.82, 2.24) is 4.90 Å². The van der Waals surface area contributed by atoms with Gasteiger partial charge in [0.2, 0.25) is 0 Å². The molecule has 1 amide bonds. The maximum absolute atomic E-state index is 12.5. The zero-order valence-corrected chi connectivity index (χ0v) is 15.9. The van der Waals surface area contributed by atoms with Crippen molar-refractivity contribution in [1.29, 1.82) is 0 Å². The minimum absolute atomic E-state index is 0.0938. The van der Waals surface area contributed by atoms with Gasteiger partial charge in [-0.3, -0.25) is 19.8 Å². The van der Waals surface area contributed by atoms with Crippen LogP contribution in [-0.2, 0) is 0 Å². The van der Waals surface area contributed by atoms with Crippen molar-refractivity contribution in [3.05, 3.63) is 63.2 Å². The maximum Gasteiger partial charge on any atom is 0.293 e. The van der Waals surface area contributed by atoms with Gasteiger partial charge in [-0.1, -0.05) is 17.7 Å². The third kappa shape index (κ3) is 4.78. The van der Waals surface area contributed by atoms with Gasteiger partial charge in [0.1, 0.15) is 5.69 Å². The molecule has 0 bridgehead atoms. The van der Waals surface area contributed by atoms with Crippen molar-refractivity contribution >= 4 is 34.6 Å². The number of rotatable bonds is 6. The molecule has 0 atom stereocenters. The van der Waals surface area contributed by atoms with Gasteiger partial charge in [0.15, 0.2) is 0 Å². The van der Waals surface area contributed by atoms with Crippen LogP contribution in [0.15, 0.2) is 42.5 Å². The lowest BCUT2D eigenvalue weighted by Crippen LogP contribution is -2.47. The molecule has 0 aromatic heterocycles. The van der Waals surface area contributed by atoms with E-state index >= 15 is 0 Å². The first-order chi connectivity index (χ1) is 13.5. The van der Waals surface area contributed by atoms with Crippen LogP contribution in [0, 0.1) is 10.1 Å². The highest BCUT2D eigenvalue weighted by Gasteiger charge is 2.25. The van der Waals surface area contributed by atoms with Gasteiger partial charge in [0.25, 0.3) is 11.6 Å². The average Bonchev–Trinajstić information content (AvgIpc) is 2.68. The van der Waals surface area contributed by atoms with Crippen LogP contribution in [0.4, 0.5) is 17.1 Å². The summed E-state index contributed by atoms with van der Waals surface area (Å²) in [5, 5.41) is 23.8. The molecule has 1 aliphatic heterocycles. The number of halogens is 1. The summed E-state index contributed by atoms with van der Waals surface area (Å²) in [6, 6.07) is 11.2. The molecule has 28 heavy (non-hydrogen) atoms. The Labute approximate surface area is 167 Å². The summed E-state index contributed by atoms with van der Waals surface area (Å²) in [5.74, 6) is -0.440. The molecular formula is C19H21ClN4O4. The smallest absolute Gasteiger partial charge is 0.293 e. The van der Waals surface area contributed by atoms with Crippen molar-refractivity contribution < 1.29 is 14.8 Å². The van der Waals surface area contributed by atoms with Gasteiger partial charge in [-0.15, -0.1) is 0 Å². The number of piperazine rings is 1. The Morgan fingerprint density at radius 3 is 2.57 bits per heavy atom. The molecule has 0 aliphatic carbocycles. The van der Waals surface area contributed by atoms with E-state index in [1.807, 2.05) is 4.90 Å². The molecule has 2 aromatic carbocycles. The van der Waals surface area contributed by atoms with Crippen LogP contribution < -0.4 is 10.2 Å². The van der Waals surface area contributed by atoms with Gasteiger partial charge in [0, 0.05) is 55.1 Å². The number of aliphatic hydroxyl groups is 1. The minimum atomic E-state index is -0.467. The summed E-state index contributed by atoms with van der Waals surface area (Å²) in [6.07, 6.45) is 0. The highest BCUT2D eigenvalue weighted by molar-refractivity contribution is 6.31. The number of β-amino-alcohol motifs (C(OH)–C–C–N with tert-alkyl or cyclic N) is 1. The van der Waals surface area contributed by atoms with Crippen molar-refractivity contribution in [3.63, 3.8) is 0 Å². The van der Waals surface area contributed by atoms with Gasteiger partial charge in [0.05, 0.1) is 11.5 Å². The third-order valence-corrected chi connectivity index (χ3v) is 4.88. The molecule has 8 nitrogen and oxygen atoms in total. The molecule has 1 aliphatic rings. The second-order valence-corrected chi connectivity index (χ2v) is 6.91. The Balaban J connectivity index is 1.77. The molecule has 0 spiro atoms. The number of hydrogen-bond donors (Lipinski definition) is 2. The van der Waals surface area contributed by atoms with Crippen molar-refractivity contribution in [2.24, 2.45) is 0 Å². The Kier molecular flexibility index (Phi) is 6.45. The molecule has 0 unspecified atom stereocenters. The van der Waals surface area contributed by atoms with Crippen LogP contribution >= 0.6 is 11.6 Å². The lowest BCUT2D eigenvalue weighted by Gasteiger charge is -2.35. The molecule has 9 heteroatoms. The number of nitrogens with one attached hydrogen (secondary N) is 1. The van der Waals surface area contributed by atoms with E-state index < -0.39 is 10.8 Å².